The third-order valence-corrected chi connectivity index (χ3v) is 7.98. The summed E-state index contributed by atoms with van der Waals surface area (Å²) >= 11 is 1.61. The number of carbonyl (C=O) groups excluding carboxylic acids is 2. The van der Waals surface area contributed by atoms with Gasteiger partial charge in [0.1, 0.15) is 5.00 Å². The van der Waals surface area contributed by atoms with Gasteiger partial charge in [-0.15, -0.1) is 11.3 Å². The molecule has 3 heterocycles. The molecule has 1 atom stereocenters. The first-order chi connectivity index (χ1) is 17.6. The summed E-state index contributed by atoms with van der Waals surface area (Å²) in [5.41, 5.74) is 3.28. The fourth-order valence-corrected chi connectivity index (χ4v) is 6.37. The van der Waals surface area contributed by atoms with Crippen molar-refractivity contribution < 1.29 is 19.1 Å². The molecular weight excluding hydrogens is 476 g/mol. The fourth-order valence-electron chi connectivity index (χ4n) is 5.10. The number of hydrogen-bond donors (Lipinski definition) is 1. The van der Waals surface area contributed by atoms with Gasteiger partial charge in [-0.25, -0.2) is 14.8 Å². The Balaban J connectivity index is 1.55. The topological polar surface area (TPSA) is 93.6 Å². The molecule has 3 aromatic rings. The van der Waals surface area contributed by atoms with E-state index in [1.807, 2.05) is 38.1 Å². The maximum absolute atomic E-state index is 13.0. The highest BCUT2D eigenvalue weighted by Crippen LogP contribution is 2.41. The number of aryl methyl sites for hydroxylation is 1. The minimum absolute atomic E-state index is 0.166. The molecule has 0 spiro atoms. The quantitative estimate of drug-likeness (QED) is 0.432. The van der Waals surface area contributed by atoms with Crippen LogP contribution in [0, 0.1) is 5.92 Å². The van der Waals surface area contributed by atoms with E-state index in [0.29, 0.717) is 37.0 Å². The number of rotatable bonds is 7. The number of anilines is 3. The van der Waals surface area contributed by atoms with Crippen molar-refractivity contribution in [1.29, 1.82) is 0 Å². The van der Waals surface area contributed by atoms with Crippen molar-refractivity contribution in [3.05, 3.63) is 40.3 Å². The zero-order valence-corrected chi connectivity index (χ0v) is 21.7. The van der Waals surface area contributed by atoms with Crippen LogP contribution in [-0.2, 0) is 27.1 Å². The van der Waals surface area contributed by atoms with Crippen molar-refractivity contribution in [3.63, 3.8) is 0 Å². The number of esters is 2. The summed E-state index contributed by atoms with van der Waals surface area (Å²) in [5, 5.41) is 4.24. The summed E-state index contributed by atoms with van der Waals surface area (Å²) in [5.74, 6) is 0.603. The molecule has 8 nitrogen and oxygen atoms in total. The average Bonchev–Trinajstić information content (AvgIpc) is 3.26. The van der Waals surface area contributed by atoms with Gasteiger partial charge in [-0.3, -0.25) is 4.79 Å². The molecular formula is C27H32N4O4S. The van der Waals surface area contributed by atoms with Crippen LogP contribution in [0.25, 0.3) is 11.0 Å². The van der Waals surface area contributed by atoms with Gasteiger partial charge < -0.3 is 19.7 Å². The first kappa shape index (κ1) is 24.5. The van der Waals surface area contributed by atoms with E-state index in [-0.39, 0.29) is 17.9 Å². The summed E-state index contributed by atoms with van der Waals surface area (Å²) in [6.45, 7) is 5.64. The van der Waals surface area contributed by atoms with Gasteiger partial charge in [-0.2, -0.15) is 0 Å². The lowest BCUT2D eigenvalue weighted by Gasteiger charge is -2.33. The number of nitrogens with one attached hydrogen (secondary N) is 1. The largest absolute Gasteiger partial charge is 0.466 e. The van der Waals surface area contributed by atoms with Crippen LogP contribution >= 0.6 is 11.3 Å². The van der Waals surface area contributed by atoms with Crippen LogP contribution in [0.1, 0.15) is 60.3 Å². The molecule has 1 N–H and O–H groups in total. The molecule has 1 aromatic carbocycles. The van der Waals surface area contributed by atoms with Crippen molar-refractivity contribution >= 4 is 50.9 Å². The van der Waals surface area contributed by atoms with E-state index < -0.39 is 0 Å². The second-order valence-corrected chi connectivity index (χ2v) is 10.3. The van der Waals surface area contributed by atoms with Crippen LogP contribution in [0.5, 0.6) is 0 Å². The highest BCUT2D eigenvalue weighted by molar-refractivity contribution is 7.16. The maximum Gasteiger partial charge on any atom is 0.341 e. The summed E-state index contributed by atoms with van der Waals surface area (Å²) in [6.07, 6.45) is 5.70. The number of fused-ring (bicyclic) bond motifs is 2. The number of thiophene rings is 1. The zero-order valence-electron chi connectivity index (χ0n) is 20.8. The molecule has 0 saturated carbocycles. The number of piperidine rings is 1. The molecule has 0 amide bonds. The van der Waals surface area contributed by atoms with Crippen LogP contribution in [0.3, 0.4) is 0 Å². The van der Waals surface area contributed by atoms with Crippen molar-refractivity contribution in [3.8, 4) is 0 Å². The highest BCUT2D eigenvalue weighted by Gasteiger charge is 2.31. The predicted molar refractivity (Wildman–Crippen MR) is 141 cm³/mol. The minimum Gasteiger partial charge on any atom is -0.466 e. The Morgan fingerprint density at radius 2 is 1.81 bits per heavy atom. The average molecular weight is 509 g/mol. The lowest BCUT2D eigenvalue weighted by Crippen LogP contribution is -2.40. The lowest BCUT2D eigenvalue weighted by molar-refractivity contribution is -0.148. The molecule has 1 aliphatic carbocycles. The molecule has 1 saturated heterocycles. The first-order valence-corrected chi connectivity index (χ1v) is 13.7. The molecule has 1 aliphatic heterocycles. The number of ether oxygens (including phenoxy) is 2. The van der Waals surface area contributed by atoms with E-state index in [9.17, 15) is 9.59 Å². The molecule has 1 fully saturated rings. The van der Waals surface area contributed by atoms with Crippen LogP contribution in [0.2, 0.25) is 0 Å². The van der Waals surface area contributed by atoms with Gasteiger partial charge >= 0.3 is 11.9 Å². The predicted octanol–water partition coefficient (Wildman–Crippen LogP) is 5.27. The zero-order chi connectivity index (χ0) is 25.1. The summed E-state index contributed by atoms with van der Waals surface area (Å²) in [7, 11) is 0. The minimum atomic E-state index is -0.296. The Hall–Kier alpha value is -3.20. The Labute approximate surface area is 215 Å². The first-order valence-electron chi connectivity index (χ1n) is 12.9. The smallest absolute Gasteiger partial charge is 0.341 e. The highest BCUT2D eigenvalue weighted by atomic mass is 32.1. The van der Waals surface area contributed by atoms with Crippen LogP contribution in [-0.4, -0.2) is 48.2 Å². The summed E-state index contributed by atoms with van der Waals surface area (Å²) < 4.78 is 10.7. The molecule has 5 rings (SSSR count). The van der Waals surface area contributed by atoms with Gasteiger partial charge in [0.15, 0.2) is 11.6 Å². The Bertz CT molecular complexity index is 1270. The normalized spacial score (nSPS) is 17.5. The number of para-hydroxylation sites is 2. The van der Waals surface area contributed by atoms with E-state index in [1.165, 1.54) is 4.88 Å². The van der Waals surface area contributed by atoms with Crippen LogP contribution < -0.4 is 10.2 Å². The standard InChI is InChI=1S/C27H32N4O4S/c1-3-34-26(32)17-10-9-15-31(16-17)24-23(28-19-12-6-7-13-20(19)29-24)30-25-22(27(33)35-4-2)18-11-5-8-14-21(18)36-25/h6-7,12-13,17H,3-5,8-11,14-16H2,1-2H3,(H,28,30)/t17-/m0/s1. The van der Waals surface area contributed by atoms with Crippen molar-refractivity contribution in [1.82, 2.24) is 9.97 Å². The number of nitrogens with zero attached hydrogens (tertiary/aromatic N) is 3. The van der Waals surface area contributed by atoms with Gasteiger partial charge in [0.05, 0.1) is 35.7 Å². The van der Waals surface area contributed by atoms with Crippen LogP contribution in [0.15, 0.2) is 24.3 Å². The Morgan fingerprint density at radius 3 is 2.58 bits per heavy atom. The molecule has 9 heteroatoms. The monoisotopic (exact) mass is 508 g/mol. The van der Waals surface area contributed by atoms with E-state index in [4.69, 9.17) is 19.4 Å². The van der Waals surface area contributed by atoms with Gasteiger partial charge in [0, 0.05) is 18.0 Å². The van der Waals surface area contributed by atoms with Gasteiger partial charge in [-0.05, 0) is 70.1 Å². The molecule has 0 radical (unpaired) electrons. The molecule has 2 aliphatic rings. The number of aromatic nitrogens is 2. The number of benzene rings is 1. The molecule has 190 valence electrons. The second kappa shape index (κ2) is 10.8. The van der Waals surface area contributed by atoms with Crippen molar-refractivity contribution in [2.75, 3.05) is 36.5 Å². The second-order valence-electron chi connectivity index (χ2n) is 9.18. The molecule has 2 aromatic heterocycles. The lowest BCUT2D eigenvalue weighted by atomic mass is 9.95. The molecule has 36 heavy (non-hydrogen) atoms. The molecule has 0 unspecified atom stereocenters. The van der Waals surface area contributed by atoms with E-state index >= 15 is 0 Å². The van der Waals surface area contributed by atoms with E-state index in [0.717, 1.165) is 66.7 Å². The van der Waals surface area contributed by atoms with Crippen molar-refractivity contribution in [2.24, 2.45) is 5.92 Å². The molecule has 0 bridgehead atoms. The van der Waals surface area contributed by atoms with Gasteiger partial charge in [-0.1, -0.05) is 12.1 Å². The van der Waals surface area contributed by atoms with E-state index in [2.05, 4.69) is 10.2 Å². The SMILES string of the molecule is CCOC(=O)c1c(Nc2nc3ccccc3nc2N2CCC[C@H](C(=O)OCC)C2)sc2c1CCCC2. The Kier molecular flexibility index (Phi) is 7.36. The van der Waals surface area contributed by atoms with E-state index in [1.54, 1.807) is 11.3 Å². The summed E-state index contributed by atoms with van der Waals surface area (Å²) in [6, 6.07) is 7.75. The van der Waals surface area contributed by atoms with Crippen molar-refractivity contribution in [2.45, 2.75) is 52.4 Å². The van der Waals surface area contributed by atoms with Crippen LogP contribution in [0.4, 0.5) is 16.6 Å². The third-order valence-electron chi connectivity index (χ3n) is 6.78. The fraction of sp³-hybridized carbons (Fsp3) is 0.481. The Morgan fingerprint density at radius 1 is 1.06 bits per heavy atom. The van der Waals surface area contributed by atoms with Gasteiger partial charge in [0.25, 0.3) is 0 Å². The summed E-state index contributed by atoms with van der Waals surface area (Å²) in [4.78, 5) is 38.8. The number of carbonyl (C=O) groups is 2. The number of hydrogen-bond acceptors (Lipinski definition) is 9. The van der Waals surface area contributed by atoms with Gasteiger partial charge in [0.2, 0.25) is 0 Å². The maximum atomic E-state index is 13.0. The third kappa shape index (κ3) is 4.89.